The largest absolute Gasteiger partial charge is 0.494 e. The van der Waals surface area contributed by atoms with Gasteiger partial charge in [0.1, 0.15) is 0 Å². The zero-order valence-corrected chi connectivity index (χ0v) is 14.2. The standard InChI is InChI=1S/C16H22BNO2S/c1-11-18-14(10-21-11)12-6-8-13(9-7-12)17-19-15(2,3)16(4,5)20-17/h6-9,14H,10H2,1-5H3. The summed E-state index contributed by atoms with van der Waals surface area (Å²) < 4.78 is 12.2. The number of nitrogens with zero attached hydrogens (tertiary/aromatic N) is 1. The van der Waals surface area contributed by atoms with Crippen LogP contribution in [0, 0.1) is 0 Å². The first-order chi connectivity index (χ1) is 9.78. The summed E-state index contributed by atoms with van der Waals surface area (Å²) in [4.78, 5) is 4.65. The maximum absolute atomic E-state index is 6.08. The fraction of sp³-hybridized carbons (Fsp3) is 0.562. The van der Waals surface area contributed by atoms with Crippen molar-refractivity contribution in [2.45, 2.75) is 51.9 Å². The predicted molar refractivity (Wildman–Crippen MR) is 90.5 cm³/mol. The first kappa shape index (κ1) is 15.1. The molecule has 2 heterocycles. The first-order valence-electron chi connectivity index (χ1n) is 7.41. The molecule has 1 fully saturated rings. The van der Waals surface area contributed by atoms with Crippen LogP contribution in [0.3, 0.4) is 0 Å². The molecule has 0 aromatic heterocycles. The van der Waals surface area contributed by atoms with Crippen molar-refractivity contribution < 1.29 is 9.31 Å². The third kappa shape index (κ3) is 2.79. The van der Waals surface area contributed by atoms with Crippen LogP contribution in [0.4, 0.5) is 0 Å². The highest BCUT2D eigenvalue weighted by atomic mass is 32.2. The van der Waals surface area contributed by atoms with Gasteiger partial charge in [0.25, 0.3) is 0 Å². The van der Waals surface area contributed by atoms with Gasteiger partial charge in [0.2, 0.25) is 0 Å². The molecule has 1 atom stereocenters. The maximum atomic E-state index is 6.08. The topological polar surface area (TPSA) is 30.8 Å². The number of thioether (sulfide) groups is 1. The summed E-state index contributed by atoms with van der Waals surface area (Å²) in [5.41, 5.74) is 1.75. The monoisotopic (exact) mass is 303 g/mol. The lowest BCUT2D eigenvalue weighted by Crippen LogP contribution is -2.41. The lowest BCUT2D eigenvalue weighted by atomic mass is 9.78. The van der Waals surface area contributed by atoms with E-state index in [0.29, 0.717) is 6.04 Å². The number of rotatable bonds is 2. The zero-order chi connectivity index (χ0) is 15.3. The third-order valence-electron chi connectivity index (χ3n) is 4.63. The number of aliphatic imine (C=N–C) groups is 1. The smallest absolute Gasteiger partial charge is 0.399 e. The zero-order valence-electron chi connectivity index (χ0n) is 13.3. The second kappa shape index (κ2) is 5.15. The van der Waals surface area contributed by atoms with E-state index in [9.17, 15) is 0 Å². The molecule has 1 aromatic rings. The number of hydrogen-bond donors (Lipinski definition) is 0. The normalized spacial score (nSPS) is 27.0. The van der Waals surface area contributed by atoms with Gasteiger partial charge in [-0.3, -0.25) is 4.99 Å². The quantitative estimate of drug-likeness (QED) is 0.786. The summed E-state index contributed by atoms with van der Waals surface area (Å²) in [6.07, 6.45) is 0. The molecule has 0 bridgehead atoms. The minimum atomic E-state index is -0.292. The van der Waals surface area contributed by atoms with Gasteiger partial charge in [0.05, 0.1) is 22.3 Å². The summed E-state index contributed by atoms with van der Waals surface area (Å²) in [6, 6.07) is 8.79. The Bertz CT molecular complexity index is 552. The SMILES string of the molecule is CC1=NC(c2ccc(B3OC(C)(C)C(C)(C)O3)cc2)CS1. The number of hydrogen-bond acceptors (Lipinski definition) is 4. The highest BCUT2D eigenvalue weighted by molar-refractivity contribution is 8.14. The average Bonchev–Trinajstić information content (AvgIpc) is 2.92. The van der Waals surface area contributed by atoms with Crippen molar-refractivity contribution in [3.05, 3.63) is 29.8 Å². The van der Waals surface area contributed by atoms with Crippen molar-refractivity contribution in [3.8, 4) is 0 Å². The third-order valence-corrected chi connectivity index (χ3v) is 5.64. The van der Waals surface area contributed by atoms with Crippen molar-refractivity contribution in [2.75, 3.05) is 5.75 Å². The lowest BCUT2D eigenvalue weighted by molar-refractivity contribution is 0.00578. The minimum absolute atomic E-state index is 0.285. The second-order valence-electron chi connectivity index (χ2n) is 6.73. The highest BCUT2D eigenvalue weighted by Gasteiger charge is 2.51. The molecule has 5 heteroatoms. The summed E-state index contributed by atoms with van der Waals surface area (Å²) in [6.45, 7) is 10.4. The van der Waals surface area contributed by atoms with E-state index < -0.39 is 0 Å². The molecule has 0 amide bonds. The Morgan fingerprint density at radius 3 is 2.14 bits per heavy atom. The maximum Gasteiger partial charge on any atom is 0.494 e. The molecule has 3 nitrogen and oxygen atoms in total. The fourth-order valence-corrected chi connectivity index (χ4v) is 3.39. The molecule has 1 aromatic carbocycles. The molecule has 1 unspecified atom stereocenters. The molecule has 1 saturated heterocycles. The Morgan fingerprint density at radius 1 is 1.10 bits per heavy atom. The molecule has 0 N–H and O–H groups in total. The Balaban J connectivity index is 1.77. The summed E-state index contributed by atoms with van der Waals surface area (Å²) in [5, 5.41) is 1.18. The molecular formula is C16H22BNO2S. The van der Waals surface area contributed by atoms with Crippen molar-refractivity contribution in [3.63, 3.8) is 0 Å². The van der Waals surface area contributed by atoms with Crippen molar-refractivity contribution in [1.29, 1.82) is 0 Å². The fourth-order valence-electron chi connectivity index (χ4n) is 2.52. The van der Waals surface area contributed by atoms with Crippen LogP contribution in [0.5, 0.6) is 0 Å². The second-order valence-corrected chi connectivity index (χ2v) is 7.94. The van der Waals surface area contributed by atoms with Gasteiger partial charge in [-0.1, -0.05) is 24.3 Å². The van der Waals surface area contributed by atoms with Crippen LogP contribution >= 0.6 is 11.8 Å². The molecule has 2 aliphatic rings. The van der Waals surface area contributed by atoms with E-state index in [1.165, 1.54) is 10.6 Å². The summed E-state index contributed by atoms with van der Waals surface area (Å²) in [5.74, 6) is 1.04. The average molecular weight is 303 g/mol. The molecule has 0 radical (unpaired) electrons. The van der Waals surface area contributed by atoms with Crippen molar-refractivity contribution in [1.82, 2.24) is 0 Å². The highest BCUT2D eigenvalue weighted by Crippen LogP contribution is 2.36. The van der Waals surface area contributed by atoms with Gasteiger partial charge in [-0.15, -0.1) is 11.8 Å². The van der Waals surface area contributed by atoms with E-state index in [1.807, 2.05) is 11.8 Å². The van der Waals surface area contributed by atoms with Crippen LogP contribution in [-0.2, 0) is 9.31 Å². The molecule has 0 aliphatic carbocycles. The molecule has 0 spiro atoms. The van der Waals surface area contributed by atoms with Gasteiger partial charge in [-0.2, -0.15) is 0 Å². The summed E-state index contributed by atoms with van der Waals surface area (Å²) in [7, 11) is -0.285. The molecular weight excluding hydrogens is 281 g/mol. The Hall–Kier alpha value is -0.775. The molecule has 2 aliphatic heterocycles. The van der Waals surface area contributed by atoms with Gasteiger partial charge in [0.15, 0.2) is 0 Å². The van der Waals surface area contributed by atoms with E-state index in [2.05, 4.69) is 63.9 Å². The molecule has 112 valence electrons. The van der Waals surface area contributed by atoms with E-state index >= 15 is 0 Å². The Morgan fingerprint density at radius 2 is 1.67 bits per heavy atom. The molecule has 21 heavy (non-hydrogen) atoms. The Kier molecular flexibility index (Phi) is 3.71. The van der Waals surface area contributed by atoms with Crippen LogP contribution in [0.15, 0.2) is 29.3 Å². The summed E-state index contributed by atoms with van der Waals surface area (Å²) >= 11 is 1.83. The van der Waals surface area contributed by atoms with Crippen LogP contribution < -0.4 is 5.46 Å². The molecule has 0 saturated carbocycles. The van der Waals surface area contributed by atoms with Crippen LogP contribution in [0.2, 0.25) is 0 Å². The van der Waals surface area contributed by atoms with E-state index in [-0.39, 0.29) is 18.3 Å². The van der Waals surface area contributed by atoms with E-state index in [4.69, 9.17) is 9.31 Å². The van der Waals surface area contributed by atoms with Gasteiger partial charge in [-0.05, 0) is 45.6 Å². The predicted octanol–water partition coefficient (Wildman–Crippen LogP) is 3.19. The van der Waals surface area contributed by atoms with E-state index in [0.717, 1.165) is 11.2 Å². The van der Waals surface area contributed by atoms with Crippen molar-refractivity contribution >= 4 is 29.4 Å². The van der Waals surface area contributed by atoms with E-state index in [1.54, 1.807) is 0 Å². The Labute approximate surface area is 131 Å². The van der Waals surface area contributed by atoms with Gasteiger partial charge in [0, 0.05) is 5.75 Å². The lowest BCUT2D eigenvalue weighted by Gasteiger charge is -2.32. The van der Waals surface area contributed by atoms with Gasteiger partial charge >= 0.3 is 7.12 Å². The van der Waals surface area contributed by atoms with Gasteiger partial charge < -0.3 is 9.31 Å². The van der Waals surface area contributed by atoms with Crippen LogP contribution in [0.1, 0.15) is 46.2 Å². The van der Waals surface area contributed by atoms with Crippen molar-refractivity contribution in [2.24, 2.45) is 4.99 Å². The van der Waals surface area contributed by atoms with Gasteiger partial charge in [-0.25, -0.2) is 0 Å². The first-order valence-corrected chi connectivity index (χ1v) is 8.40. The van der Waals surface area contributed by atoms with Crippen LogP contribution in [0.25, 0.3) is 0 Å². The minimum Gasteiger partial charge on any atom is -0.399 e. The van der Waals surface area contributed by atoms with Crippen LogP contribution in [-0.4, -0.2) is 29.1 Å². The molecule has 3 rings (SSSR count). The number of benzene rings is 1.